The first-order chi connectivity index (χ1) is 7.33. The quantitative estimate of drug-likeness (QED) is 0.732. The van der Waals surface area contributed by atoms with Crippen LogP contribution in [0.4, 0.5) is 0 Å². The summed E-state index contributed by atoms with van der Waals surface area (Å²) in [5.74, 6) is 1.54. The first-order valence-corrected chi connectivity index (χ1v) is 6.62. The van der Waals surface area contributed by atoms with E-state index in [2.05, 4.69) is 11.9 Å². The lowest BCUT2D eigenvalue weighted by molar-refractivity contribution is 0.111. The Morgan fingerprint density at radius 1 is 1.47 bits per heavy atom. The van der Waals surface area contributed by atoms with E-state index in [-0.39, 0.29) is 0 Å². The summed E-state index contributed by atoms with van der Waals surface area (Å²) in [6, 6.07) is 0. The highest BCUT2D eigenvalue weighted by Crippen LogP contribution is 2.37. The van der Waals surface area contributed by atoms with Gasteiger partial charge in [0.1, 0.15) is 5.69 Å². The zero-order valence-electron chi connectivity index (χ0n) is 9.11. The standard InChI is InChI=1S/C12H17NOS/c1-2-9-3-5-10(6-4-9)12-13-11(7-14)8-15-12/h7-10H,2-6H2,1H3. The van der Waals surface area contributed by atoms with Gasteiger partial charge in [-0.2, -0.15) is 0 Å². The predicted octanol–water partition coefficient (Wildman–Crippen LogP) is 3.64. The van der Waals surface area contributed by atoms with Gasteiger partial charge in [0.05, 0.1) is 5.01 Å². The van der Waals surface area contributed by atoms with Gasteiger partial charge >= 0.3 is 0 Å². The van der Waals surface area contributed by atoms with E-state index in [0.29, 0.717) is 11.6 Å². The summed E-state index contributed by atoms with van der Waals surface area (Å²) >= 11 is 1.65. The smallest absolute Gasteiger partial charge is 0.169 e. The summed E-state index contributed by atoms with van der Waals surface area (Å²) in [5.41, 5.74) is 0.604. The highest BCUT2D eigenvalue weighted by Gasteiger charge is 2.23. The summed E-state index contributed by atoms with van der Waals surface area (Å²) in [6.07, 6.45) is 7.32. The van der Waals surface area contributed by atoms with E-state index in [4.69, 9.17) is 0 Å². The number of hydrogen-bond acceptors (Lipinski definition) is 3. The fourth-order valence-electron chi connectivity index (χ4n) is 2.36. The molecule has 0 aromatic carbocycles. The molecule has 0 spiro atoms. The zero-order valence-corrected chi connectivity index (χ0v) is 9.93. The predicted molar refractivity (Wildman–Crippen MR) is 62.5 cm³/mol. The summed E-state index contributed by atoms with van der Waals surface area (Å²) in [5, 5.41) is 3.04. The number of carbonyl (C=O) groups excluding carboxylic acids is 1. The fraction of sp³-hybridized carbons (Fsp3) is 0.667. The van der Waals surface area contributed by atoms with Gasteiger partial charge in [0.15, 0.2) is 6.29 Å². The lowest BCUT2D eigenvalue weighted by atomic mass is 9.81. The molecule has 1 fully saturated rings. The average Bonchev–Trinajstić information content (AvgIpc) is 2.78. The number of carbonyl (C=O) groups is 1. The third kappa shape index (κ3) is 2.46. The molecule has 2 rings (SSSR count). The molecule has 15 heavy (non-hydrogen) atoms. The Morgan fingerprint density at radius 3 is 2.73 bits per heavy atom. The molecule has 1 saturated carbocycles. The van der Waals surface area contributed by atoms with Crippen LogP contribution in [0.25, 0.3) is 0 Å². The van der Waals surface area contributed by atoms with Gasteiger partial charge < -0.3 is 0 Å². The Morgan fingerprint density at radius 2 is 2.20 bits per heavy atom. The maximum Gasteiger partial charge on any atom is 0.169 e. The van der Waals surface area contributed by atoms with E-state index in [1.807, 2.05) is 5.38 Å². The Hall–Kier alpha value is -0.700. The number of aldehydes is 1. The Bertz CT molecular complexity index is 326. The normalized spacial score (nSPS) is 26.5. The molecule has 0 aliphatic heterocycles. The molecule has 0 N–H and O–H groups in total. The molecule has 82 valence electrons. The highest BCUT2D eigenvalue weighted by molar-refractivity contribution is 7.09. The molecular weight excluding hydrogens is 206 g/mol. The van der Waals surface area contributed by atoms with Crippen LogP contribution in [-0.2, 0) is 0 Å². The molecule has 0 radical (unpaired) electrons. The summed E-state index contributed by atoms with van der Waals surface area (Å²) in [4.78, 5) is 14.9. The number of hydrogen-bond donors (Lipinski definition) is 0. The van der Waals surface area contributed by atoms with Crippen molar-refractivity contribution in [2.24, 2.45) is 5.92 Å². The number of rotatable bonds is 3. The van der Waals surface area contributed by atoms with Crippen molar-refractivity contribution in [1.29, 1.82) is 0 Å². The van der Waals surface area contributed by atoms with Crippen molar-refractivity contribution in [3.63, 3.8) is 0 Å². The molecule has 3 heteroatoms. The van der Waals surface area contributed by atoms with Crippen LogP contribution in [0.15, 0.2) is 5.38 Å². The molecule has 1 aliphatic rings. The van der Waals surface area contributed by atoms with Gasteiger partial charge in [-0.05, 0) is 31.6 Å². The third-order valence-corrected chi connectivity index (χ3v) is 4.46. The Kier molecular flexibility index (Phi) is 3.52. The molecule has 0 amide bonds. The van der Waals surface area contributed by atoms with E-state index in [1.54, 1.807) is 11.3 Å². The van der Waals surface area contributed by atoms with Crippen LogP contribution in [-0.4, -0.2) is 11.3 Å². The first kappa shape index (κ1) is 10.8. The number of thiazole rings is 1. The van der Waals surface area contributed by atoms with E-state index >= 15 is 0 Å². The van der Waals surface area contributed by atoms with Gasteiger partial charge in [-0.15, -0.1) is 11.3 Å². The van der Waals surface area contributed by atoms with Crippen molar-refractivity contribution in [1.82, 2.24) is 4.98 Å². The monoisotopic (exact) mass is 223 g/mol. The van der Waals surface area contributed by atoms with Crippen LogP contribution in [0.5, 0.6) is 0 Å². The van der Waals surface area contributed by atoms with E-state index < -0.39 is 0 Å². The molecule has 1 aliphatic carbocycles. The highest BCUT2D eigenvalue weighted by atomic mass is 32.1. The van der Waals surface area contributed by atoms with Crippen molar-refractivity contribution < 1.29 is 4.79 Å². The molecule has 0 atom stereocenters. The third-order valence-electron chi connectivity index (χ3n) is 3.43. The van der Waals surface area contributed by atoms with Crippen molar-refractivity contribution >= 4 is 17.6 Å². The number of nitrogens with zero attached hydrogens (tertiary/aromatic N) is 1. The van der Waals surface area contributed by atoms with Crippen molar-refractivity contribution in [2.45, 2.75) is 44.9 Å². The van der Waals surface area contributed by atoms with E-state index in [9.17, 15) is 4.79 Å². The zero-order chi connectivity index (χ0) is 10.7. The van der Waals surface area contributed by atoms with Crippen molar-refractivity contribution in [3.05, 3.63) is 16.1 Å². The van der Waals surface area contributed by atoms with Crippen LogP contribution >= 0.6 is 11.3 Å². The van der Waals surface area contributed by atoms with Gasteiger partial charge in [-0.3, -0.25) is 4.79 Å². The molecular formula is C12H17NOS. The van der Waals surface area contributed by atoms with Crippen molar-refractivity contribution in [3.8, 4) is 0 Å². The second-order valence-electron chi connectivity index (χ2n) is 4.35. The maximum absolute atomic E-state index is 10.5. The van der Waals surface area contributed by atoms with Gasteiger partial charge in [-0.1, -0.05) is 13.3 Å². The molecule has 1 aromatic rings. The number of aromatic nitrogens is 1. The maximum atomic E-state index is 10.5. The Labute approximate surface area is 94.7 Å². The topological polar surface area (TPSA) is 30.0 Å². The lowest BCUT2D eigenvalue weighted by Gasteiger charge is -2.26. The van der Waals surface area contributed by atoms with Crippen LogP contribution in [0.2, 0.25) is 0 Å². The van der Waals surface area contributed by atoms with Crippen LogP contribution in [0, 0.1) is 5.92 Å². The fourth-order valence-corrected chi connectivity index (χ4v) is 3.30. The minimum absolute atomic E-state index is 0.604. The van der Waals surface area contributed by atoms with Crippen molar-refractivity contribution in [2.75, 3.05) is 0 Å². The van der Waals surface area contributed by atoms with E-state index in [1.165, 1.54) is 37.1 Å². The van der Waals surface area contributed by atoms with Crippen LogP contribution < -0.4 is 0 Å². The molecule has 1 aromatic heterocycles. The second kappa shape index (κ2) is 4.88. The second-order valence-corrected chi connectivity index (χ2v) is 5.24. The van der Waals surface area contributed by atoms with Gasteiger partial charge in [0.2, 0.25) is 0 Å². The minimum atomic E-state index is 0.604. The first-order valence-electron chi connectivity index (χ1n) is 5.74. The van der Waals surface area contributed by atoms with Crippen LogP contribution in [0.3, 0.4) is 0 Å². The van der Waals surface area contributed by atoms with Gasteiger partial charge in [-0.25, -0.2) is 4.98 Å². The summed E-state index contributed by atoms with van der Waals surface area (Å²) in [6.45, 7) is 2.28. The largest absolute Gasteiger partial charge is 0.296 e. The summed E-state index contributed by atoms with van der Waals surface area (Å²) < 4.78 is 0. The molecule has 0 unspecified atom stereocenters. The summed E-state index contributed by atoms with van der Waals surface area (Å²) in [7, 11) is 0. The average molecular weight is 223 g/mol. The Balaban J connectivity index is 1.97. The molecule has 0 saturated heterocycles. The minimum Gasteiger partial charge on any atom is -0.296 e. The molecule has 1 heterocycles. The molecule has 0 bridgehead atoms. The van der Waals surface area contributed by atoms with Gasteiger partial charge in [0, 0.05) is 11.3 Å². The van der Waals surface area contributed by atoms with E-state index in [0.717, 1.165) is 12.2 Å². The molecule has 2 nitrogen and oxygen atoms in total. The SMILES string of the molecule is CCC1CCC(c2nc(C=O)cs2)CC1. The van der Waals surface area contributed by atoms with Crippen LogP contribution in [0.1, 0.15) is 60.4 Å². The van der Waals surface area contributed by atoms with Gasteiger partial charge in [0.25, 0.3) is 0 Å². The lowest BCUT2D eigenvalue weighted by Crippen LogP contribution is -2.12.